The summed E-state index contributed by atoms with van der Waals surface area (Å²) >= 11 is 0. The standard InChI is InChI=1S/C13H26N2O/c1-4-5-6-7-8-12(16)15-10-9-11(14)13(15,2)3/h11H,4-10,14H2,1-3H3. The molecule has 1 fully saturated rings. The smallest absolute Gasteiger partial charge is 0.223 e. The summed E-state index contributed by atoms with van der Waals surface area (Å²) in [5, 5.41) is 0. The van der Waals surface area contributed by atoms with Crippen molar-refractivity contribution in [3.63, 3.8) is 0 Å². The van der Waals surface area contributed by atoms with Crippen molar-refractivity contribution < 1.29 is 4.79 Å². The SMILES string of the molecule is CCCCCCC(=O)N1CCC(N)C1(C)C. The maximum absolute atomic E-state index is 12.0. The van der Waals surface area contributed by atoms with E-state index in [1.165, 1.54) is 19.3 Å². The topological polar surface area (TPSA) is 46.3 Å². The number of nitrogens with two attached hydrogens (primary N) is 1. The summed E-state index contributed by atoms with van der Waals surface area (Å²) in [5.74, 6) is 0.286. The Hall–Kier alpha value is -0.570. The van der Waals surface area contributed by atoms with Crippen molar-refractivity contribution >= 4 is 5.91 Å². The molecule has 0 aromatic carbocycles. The third-order valence-electron chi connectivity index (χ3n) is 3.81. The van der Waals surface area contributed by atoms with Gasteiger partial charge in [0.1, 0.15) is 0 Å². The number of hydrogen-bond acceptors (Lipinski definition) is 2. The first kappa shape index (κ1) is 13.5. The van der Waals surface area contributed by atoms with Crippen molar-refractivity contribution in [3.8, 4) is 0 Å². The minimum atomic E-state index is -0.151. The Kier molecular flexibility index (Phi) is 4.78. The zero-order valence-corrected chi connectivity index (χ0v) is 11.0. The summed E-state index contributed by atoms with van der Waals surface area (Å²) in [6.45, 7) is 7.18. The number of rotatable bonds is 5. The van der Waals surface area contributed by atoms with E-state index in [0.717, 1.165) is 19.4 Å². The first-order valence-electron chi connectivity index (χ1n) is 6.56. The molecule has 2 N–H and O–H groups in total. The molecule has 1 amide bonds. The van der Waals surface area contributed by atoms with Crippen LogP contribution >= 0.6 is 0 Å². The van der Waals surface area contributed by atoms with Crippen molar-refractivity contribution in [2.45, 2.75) is 70.9 Å². The van der Waals surface area contributed by atoms with Crippen LogP contribution in [0, 0.1) is 0 Å². The highest BCUT2D eigenvalue weighted by Gasteiger charge is 2.41. The lowest BCUT2D eigenvalue weighted by Gasteiger charge is -2.34. The van der Waals surface area contributed by atoms with Gasteiger partial charge in [-0.15, -0.1) is 0 Å². The zero-order valence-electron chi connectivity index (χ0n) is 11.0. The number of unbranched alkanes of at least 4 members (excludes halogenated alkanes) is 3. The minimum absolute atomic E-state index is 0.132. The van der Waals surface area contributed by atoms with E-state index in [1.807, 2.05) is 4.90 Å². The summed E-state index contributed by atoms with van der Waals surface area (Å²) in [5.41, 5.74) is 5.87. The van der Waals surface area contributed by atoms with Gasteiger partial charge in [0, 0.05) is 19.0 Å². The fourth-order valence-corrected chi connectivity index (χ4v) is 2.39. The van der Waals surface area contributed by atoms with E-state index in [-0.39, 0.29) is 17.5 Å². The van der Waals surface area contributed by atoms with Crippen LogP contribution < -0.4 is 5.73 Å². The summed E-state index contributed by atoms with van der Waals surface area (Å²) in [6, 6.07) is 0.132. The molecule has 0 aromatic heterocycles. The number of nitrogens with zero attached hydrogens (tertiary/aromatic N) is 1. The molecule has 1 atom stereocenters. The number of carbonyl (C=O) groups excluding carboxylic acids is 1. The summed E-state index contributed by atoms with van der Waals surface area (Å²) in [4.78, 5) is 14.0. The van der Waals surface area contributed by atoms with Crippen molar-refractivity contribution in [2.75, 3.05) is 6.54 Å². The monoisotopic (exact) mass is 226 g/mol. The van der Waals surface area contributed by atoms with E-state index in [4.69, 9.17) is 5.73 Å². The molecule has 1 aliphatic rings. The molecular formula is C13H26N2O. The first-order chi connectivity index (χ1) is 7.50. The van der Waals surface area contributed by atoms with Crippen LogP contribution in [0.1, 0.15) is 59.3 Å². The Labute approximate surface area is 99.4 Å². The van der Waals surface area contributed by atoms with Crippen LogP contribution in [0.15, 0.2) is 0 Å². The molecule has 3 nitrogen and oxygen atoms in total. The van der Waals surface area contributed by atoms with Crippen LogP contribution in [0.3, 0.4) is 0 Å². The molecule has 1 heterocycles. The molecule has 0 aromatic rings. The van der Waals surface area contributed by atoms with E-state index in [1.54, 1.807) is 0 Å². The van der Waals surface area contributed by atoms with E-state index < -0.39 is 0 Å². The predicted octanol–water partition coefficient (Wildman–Crippen LogP) is 2.29. The Balaban J connectivity index is 2.37. The van der Waals surface area contributed by atoms with Gasteiger partial charge in [-0.3, -0.25) is 4.79 Å². The molecule has 3 heteroatoms. The molecular weight excluding hydrogens is 200 g/mol. The largest absolute Gasteiger partial charge is 0.336 e. The highest BCUT2D eigenvalue weighted by molar-refractivity contribution is 5.77. The third-order valence-corrected chi connectivity index (χ3v) is 3.81. The predicted molar refractivity (Wildman–Crippen MR) is 67.1 cm³/mol. The van der Waals surface area contributed by atoms with Gasteiger partial charge in [-0.1, -0.05) is 26.2 Å². The van der Waals surface area contributed by atoms with Gasteiger partial charge in [0.25, 0.3) is 0 Å². The van der Waals surface area contributed by atoms with Gasteiger partial charge in [0.2, 0.25) is 5.91 Å². The molecule has 0 spiro atoms. The van der Waals surface area contributed by atoms with Gasteiger partial charge in [-0.25, -0.2) is 0 Å². The number of carbonyl (C=O) groups is 1. The minimum Gasteiger partial charge on any atom is -0.336 e. The molecule has 0 aliphatic carbocycles. The van der Waals surface area contributed by atoms with Crippen molar-refractivity contribution in [2.24, 2.45) is 5.73 Å². The quantitative estimate of drug-likeness (QED) is 0.731. The lowest BCUT2D eigenvalue weighted by atomic mass is 9.96. The fourth-order valence-electron chi connectivity index (χ4n) is 2.39. The molecule has 0 radical (unpaired) electrons. The normalized spacial score (nSPS) is 23.8. The van der Waals surface area contributed by atoms with Gasteiger partial charge in [-0.05, 0) is 26.7 Å². The fraction of sp³-hybridized carbons (Fsp3) is 0.923. The highest BCUT2D eigenvalue weighted by Crippen LogP contribution is 2.28. The van der Waals surface area contributed by atoms with Crippen LogP contribution in [0.25, 0.3) is 0 Å². The summed E-state index contributed by atoms with van der Waals surface area (Å²) in [7, 11) is 0. The maximum atomic E-state index is 12.0. The van der Waals surface area contributed by atoms with Crippen LogP contribution in [0.5, 0.6) is 0 Å². The number of likely N-dealkylation sites (tertiary alicyclic amines) is 1. The van der Waals surface area contributed by atoms with Crippen LogP contribution in [0.4, 0.5) is 0 Å². The molecule has 0 saturated carbocycles. The van der Waals surface area contributed by atoms with Gasteiger partial charge >= 0.3 is 0 Å². The second kappa shape index (κ2) is 5.67. The Morgan fingerprint density at radius 2 is 2.06 bits per heavy atom. The summed E-state index contributed by atoms with van der Waals surface area (Å²) in [6.07, 6.45) is 6.27. The Morgan fingerprint density at radius 3 is 2.56 bits per heavy atom. The Bertz CT molecular complexity index is 238. The van der Waals surface area contributed by atoms with Crippen molar-refractivity contribution in [1.82, 2.24) is 4.90 Å². The van der Waals surface area contributed by atoms with E-state index in [2.05, 4.69) is 20.8 Å². The average Bonchev–Trinajstić information content (AvgIpc) is 2.49. The van der Waals surface area contributed by atoms with Gasteiger partial charge in [0.05, 0.1) is 5.54 Å². The van der Waals surface area contributed by atoms with Gasteiger partial charge < -0.3 is 10.6 Å². The zero-order chi connectivity index (χ0) is 12.2. The second-order valence-electron chi connectivity index (χ2n) is 5.40. The van der Waals surface area contributed by atoms with E-state index in [0.29, 0.717) is 6.42 Å². The number of amides is 1. The van der Waals surface area contributed by atoms with Crippen molar-refractivity contribution in [1.29, 1.82) is 0 Å². The second-order valence-corrected chi connectivity index (χ2v) is 5.40. The molecule has 16 heavy (non-hydrogen) atoms. The molecule has 1 unspecified atom stereocenters. The first-order valence-corrected chi connectivity index (χ1v) is 6.56. The molecule has 1 saturated heterocycles. The molecule has 94 valence electrons. The van der Waals surface area contributed by atoms with Crippen LogP contribution in [-0.2, 0) is 4.79 Å². The Morgan fingerprint density at radius 1 is 1.38 bits per heavy atom. The summed E-state index contributed by atoms with van der Waals surface area (Å²) < 4.78 is 0. The average molecular weight is 226 g/mol. The maximum Gasteiger partial charge on any atom is 0.223 e. The lowest BCUT2D eigenvalue weighted by Crippen LogP contribution is -2.51. The van der Waals surface area contributed by atoms with Crippen molar-refractivity contribution in [3.05, 3.63) is 0 Å². The van der Waals surface area contributed by atoms with Gasteiger partial charge in [-0.2, -0.15) is 0 Å². The third kappa shape index (κ3) is 2.97. The molecule has 1 rings (SSSR count). The highest BCUT2D eigenvalue weighted by atomic mass is 16.2. The molecule has 1 aliphatic heterocycles. The molecule has 0 bridgehead atoms. The van der Waals surface area contributed by atoms with Crippen LogP contribution in [0.2, 0.25) is 0 Å². The van der Waals surface area contributed by atoms with Crippen LogP contribution in [-0.4, -0.2) is 28.9 Å². The lowest BCUT2D eigenvalue weighted by molar-refractivity contribution is -0.134. The van der Waals surface area contributed by atoms with E-state index in [9.17, 15) is 4.79 Å². The number of hydrogen-bond donors (Lipinski definition) is 1. The van der Waals surface area contributed by atoms with E-state index >= 15 is 0 Å². The van der Waals surface area contributed by atoms with Gasteiger partial charge in [0.15, 0.2) is 0 Å².